The van der Waals surface area contributed by atoms with Crippen LogP contribution in [0, 0.1) is 4.84 Å². The van der Waals surface area contributed by atoms with E-state index < -0.39 is 9.84 Å². The second-order valence-corrected chi connectivity index (χ2v) is 10.7. The van der Waals surface area contributed by atoms with Gasteiger partial charge in [-0.15, -0.1) is 5.10 Å². The van der Waals surface area contributed by atoms with Crippen LogP contribution in [0.15, 0.2) is 28.7 Å². The summed E-state index contributed by atoms with van der Waals surface area (Å²) >= 11 is 5.33. The number of nitrogens with zero attached hydrogens (tertiary/aromatic N) is 3. The van der Waals surface area contributed by atoms with Gasteiger partial charge in [-0.1, -0.05) is 39.8 Å². The first-order chi connectivity index (χ1) is 12.6. The zero-order valence-corrected chi connectivity index (χ0v) is 17.9. The average Bonchev–Trinajstić information content (AvgIpc) is 3.14. The van der Waals surface area contributed by atoms with Gasteiger partial charge in [-0.05, 0) is 48.3 Å². The lowest BCUT2D eigenvalue weighted by molar-refractivity contribution is 0.162. The summed E-state index contributed by atoms with van der Waals surface area (Å²) in [4.78, 5) is 2.39. The highest BCUT2D eigenvalue weighted by molar-refractivity contribution is 7.91. The summed E-state index contributed by atoms with van der Waals surface area (Å²) in [6, 6.07) is 8.15. The summed E-state index contributed by atoms with van der Waals surface area (Å²) < 4.78 is 30.9. The van der Waals surface area contributed by atoms with Crippen molar-refractivity contribution < 1.29 is 12.8 Å². The maximum absolute atomic E-state index is 11.8. The smallest absolute Gasteiger partial charge is 0.288 e. The molecule has 1 saturated heterocycles. The Hall–Kier alpha value is -1.51. The monoisotopic (exact) mass is 409 g/mol. The molecule has 1 aromatic heterocycles. The number of rotatable bonds is 5. The van der Waals surface area contributed by atoms with Crippen LogP contribution in [0.25, 0.3) is 11.5 Å². The predicted octanol–water partition coefficient (Wildman–Crippen LogP) is 3.64. The van der Waals surface area contributed by atoms with Gasteiger partial charge in [0.15, 0.2) is 9.84 Å². The van der Waals surface area contributed by atoms with Gasteiger partial charge in [-0.25, -0.2) is 13.1 Å². The molecule has 2 heterocycles. The highest BCUT2D eigenvalue weighted by Gasteiger charge is 2.32. The van der Waals surface area contributed by atoms with E-state index in [2.05, 4.69) is 42.9 Å². The van der Waals surface area contributed by atoms with E-state index >= 15 is 0 Å². The molecular formula is C19H27N3O3S2. The second-order valence-electron chi connectivity index (χ2n) is 8.10. The summed E-state index contributed by atoms with van der Waals surface area (Å²) in [5, 5.41) is 4.52. The third-order valence-corrected chi connectivity index (χ3v) is 7.10. The van der Waals surface area contributed by atoms with Crippen LogP contribution in [0.4, 0.5) is 0 Å². The number of benzene rings is 1. The minimum atomic E-state index is -2.93. The van der Waals surface area contributed by atoms with Crippen molar-refractivity contribution in [3.63, 3.8) is 0 Å². The third-order valence-electron chi connectivity index (χ3n) is 5.05. The Labute approximate surface area is 166 Å². The molecule has 0 bridgehead atoms. The molecular weight excluding hydrogens is 382 g/mol. The Kier molecular flexibility index (Phi) is 5.61. The van der Waals surface area contributed by atoms with E-state index in [9.17, 15) is 8.42 Å². The summed E-state index contributed by atoms with van der Waals surface area (Å²) in [5.41, 5.74) is 2.20. The molecule has 1 aliphatic heterocycles. The van der Waals surface area contributed by atoms with Crippen molar-refractivity contribution in [2.75, 3.05) is 18.1 Å². The fourth-order valence-electron chi connectivity index (χ4n) is 3.33. The Morgan fingerprint density at radius 3 is 2.48 bits per heavy atom. The summed E-state index contributed by atoms with van der Waals surface area (Å²) in [7, 11) is -2.93. The fourth-order valence-corrected chi connectivity index (χ4v) is 5.27. The van der Waals surface area contributed by atoms with Crippen molar-refractivity contribution in [3.05, 3.63) is 34.7 Å². The number of hydrogen-bond donors (Lipinski definition) is 0. The normalized spacial score (nSPS) is 19.7. The Bertz CT molecular complexity index is 953. The highest BCUT2D eigenvalue weighted by Crippen LogP contribution is 2.26. The highest BCUT2D eigenvalue weighted by atomic mass is 32.2. The van der Waals surface area contributed by atoms with Gasteiger partial charge in [0.05, 0.1) is 18.2 Å². The third kappa shape index (κ3) is 4.67. The lowest BCUT2D eigenvalue weighted by Crippen LogP contribution is -2.37. The molecule has 3 rings (SSSR count). The molecule has 1 aliphatic rings. The molecule has 148 valence electrons. The molecule has 0 aliphatic carbocycles. The zero-order valence-electron chi connectivity index (χ0n) is 16.3. The Morgan fingerprint density at radius 2 is 1.96 bits per heavy atom. The maximum atomic E-state index is 11.8. The molecule has 1 fully saturated rings. The van der Waals surface area contributed by atoms with Crippen molar-refractivity contribution in [2.45, 2.75) is 52.2 Å². The Balaban J connectivity index is 1.79. The van der Waals surface area contributed by atoms with Crippen LogP contribution in [-0.2, 0) is 21.9 Å². The molecule has 1 aromatic carbocycles. The largest absolute Gasteiger partial charge is 0.409 e. The van der Waals surface area contributed by atoms with Gasteiger partial charge in [-0.2, -0.15) is 0 Å². The molecule has 2 aromatic rings. The first-order valence-corrected chi connectivity index (χ1v) is 11.5. The molecule has 8 heteroatoms. The first-order valence-electron chi connectivity index (χ1n) is 9.22. The van der Waals surface area contributed by atoms with Gasteiger partial charge in [0.2, 0.25) is 5.89 Å². The predicted molar refractivity (Wildman–Crippen MR) is 109 cm³/mol. The van der Waals surface area contributed by atoms with Crippen LogP contribution >= 0.6 is 12.2 Å². The molecule has 1 atom stereocenters. The van der Waals surface area contributed by atoms with Gasteiger partial charge in [0.25, 0.3) is 4.84 Å². The van der Waals surface area contributed by atoms with Gasteiger partial charge in [0, 0.05) is 11.6 Å². The van der Waals surface area contributed by atoms with Crippen molar-refractivity contribution in [1.29, 1.82) is 0 Å². The standard InChI is InChI=1S/C19H27N3O3S2/c1-5-21(16-10-11-27(23,24)12-16)13-22-18(26)25-17(20-22)14-6-8-15(9-7-14)19(2,3)4/h6-9,16H,5,10-13H2,1-4H3. The van der Waals surface area contributed by atoms with Crippen molar-refractivity contribution in [3.8, 4) is 11.5 Å². The summed E-state index contributed by atoms with van der Waals surface area (Å²) in [6.45, 7) is 9.69. The minimum Gasteiger partial charge on any atom is -0.409 e. The topological polar surface area (TPSA) is 68.3 Å². The zero-order chi connectivity index (χ0) is 19.8. The van der Waals surface area contributed by atoms with Gasteiger partial charge in [0.1, 0.15) is 0 Å². The van der Waals surface area contributed by atoms with Crippen LogP contribution in [0.5, 0.6) is 0 Å². The lowest BCUT2D eigenvalue weighted by Gasteiger charge is -2.25. The fraction of sp³-hybridized carbons (Fsp3) is 0.579. The molecule has 0 saturated carbocycles. The summed E-state index contributed by atoms with van der Waals surface area (Å²) in [5.74, 6) is 0.937. The van der Waals surface area contributed by atoms with E-state index in [0.717, 1.165) is 12.1 Å². The second kappa shape index (κ2) is 7.48. The molecule has 1 unspecified atom stereocenters. The Morgan fingerprint density at radius 1 is 1.30 bits per heavy atom. The van der Waals surface area contributed by atoms with Crippen molar-refractivity contribution in [2.24, 2.45) is 0 Å². The SMILES string of the molecule is CCN(Cn1nc(-c2ccc(C(C)(C)C)cc2)oc1=S)C1CCS(=O)(=O)C1. The van der Waals surface area contributed by atoms with E-state index in [1.807, 2.05) is 19.1 Å². The minimum absolute atomic E-state index is 0.00752. The van der Waals surface area contributed by atoms with E-state index in [1.165, 1.54) is 5.56 Å². The van der Waals surface area contributed by atoms with Crippen molar-refractivity contribution in [1.82, 2.24) is 14.7 Å². The van der Waals surface area contributed by atoms with Gasteiger partial charge in [-0.3, -0.25) is 4.90 Å². The van der Waals surface area contributed by atoms with Gasteiger partial charge >= 0.3 is 0 Å². The van der Waals surface area contributed by atoms with Crippen LogP contribution in [-0.4, -0.2) is 47.2 Å². The number of sulfone groups is 1. The molecule has 27 heavy (non-hydrogen) atoms. The average molecular weight is 410 g/mol. The molecule has 0 spiro atoms. The van der Waals surface area contributed by atoms with E-state index in [1.54, 1.807) is 4.68 Å². The van der Waals surface area contributed by atoms with Crippen LogP contribution in [0.1, 0.15) is 39.7 Å². The van der Waals surface area contributed by atoms with Crippen LogP contribution in [0.3, 0.4) is 0 Å². The molecule has 0 amide bonds. The van der Waals surface area contributed by atoms with Crippen molar-refractivity contribution >= 4 is 22.1 Å². The van der Waals surface area contributed by atoms with E-state index in [0.29, 0.717) is 23.8 Å². The maximum Gasteiger partial charge on any atom is 0.288 e. The first kappa shape index (κ1) is 20.2. The quantitative estimate of drug-likeness (QED) is 0.703. The molecule has 0 N–H and O–H groups in total. The lowest BCUT2D eigenvalue weighted by atomic mass is 9.87. The number of hydrogen-bond acceptors (Lipinski definition) is 6. The van der Waals surface area contributed by atoms with E-state index in [4.69, 9.17) is 16.6 Å². The van der Waals surface area contributed by atoms with Crippen LogP contribution in [0.2, 0.25) is 0 Å². The number of aromatic nitrogens is 2. The van der Waals surface area contributed by atoms with Crippen LogP contribution < -0.4 is 0 Å². The van der Waals surface area contributed by atoms with Gasteiger partial charge < -0.3 is 4.42 Å². The molecule has 0 radical (unpaired) electrons. The summed E-state index contributed by atoms with van der Waals surface area (Å²) in [6.07, 6.45) is 0.655. The van der Waals surface area contributed by atoms with E-state index in [-0.39, 0.29) is 23.0 Å². The molecule has 6 nitrogen and oxygen atoms in total.